The Balaban J connectivity index is 1.41. The number of phenolic OH excluding ortho intramolecular Hbond substituents is 1. The number of hydrogen-bond donors (Lipinski definition) is 2. The number of amides is 1. The molecule has 2 N–H and O–H groups in total. The number of aliphatic hydroxyl groups is 1. The van der Waals surface area contributed by atoms with Crippen LogP contribution >= 0.6 is 34.7 Å². The van der Waals surface area contributed by atoms with Crippen LogP contribution in [-0.2, 0) is 10.5 Å². The van der Waals surface area contributed by atoms with Crippen molar-refractivity contribution >= 4 is 62.5 Å². The number of rotatable bonds is 8. The highest BCUT2D eigenvalue weighted by Gasteiger charge is 2.47. The molecular formula is C29H20ClN3O6S2. The van der Waals surface area contributed by atoms with Gasteiger partial charge in [-0.25, -0.2) is 0 Å². The number of nitrogens with zero attached hydrogens (tertiary/aromatic N) is 3. The summed E-state index contributed by atoms with van der Waals surface area (Å²) in [5, 5.41) is 31.8. The third kappa shape index (κ3) is 4.92. The second-order valence-electron chi connectivity index (χ2n) is 8.97. The number of para-hydroxylation sites is 1. The summed E-state index contributed by atoms with van der Waals surface area (Å²) in [5.74, 6) is -1.74. The van der Waals surface area contributed by atoms with Crippen LogP contribution in [0.3, 0.4) is 0 Å². The quantitative estimate of drug-likeness (QED) is 0.112. The van der Waals surface area contributed by atoms with Crippen molar-refractivity contribution in [2.75, 3.05) is 12.0 Å². The van der Waals surface area contributed by atoms with Crippen LogP contribution in [0.15, 0.2) is 92.9 Å². The van der Waals surface area contributed by atoms with Gasteiger partial charge >= 0.3 is 0 Å². The molecule has 1 aliphatic heterocycles. The molecule has 1 amide bonds. The molecule has 3 heterocycles. The number of furan rings is 1. The van der Waals surface area contributed by atoms with Crippen LogP contribution in [0.4, 0.5) is 5.13 Å². The van der Waals surface area contributed by atoms with Gasteiger partial charge in [-0.2, -0.15) is 0 Å². The van der Waals surface area contributed by atoms with Gasteiger partial charge in [-0.3, -0.25) is 14.5 Å². The Hall–Kier alpha value is -4.32. The van der Waals surface area contributed by atoms with E-state index >= 15 is 0 Å². The molecule has 12 heteroatoms. The van der Waals surface area contributed by atoms with Crippen molar-refractivity contribution in [3.63, 3.8) is 0 Å². The van der Waals surface area contributed by atoms with Crippen molar-refractivity contribution in [3.8, 4) is 11.5 Å². The predicted molar refractivity (Wildman–Crippen MR) is 156 cm³/mol. The van der Waals surface area contributed by atoms with E-state index in [1.54, 1.807) is 42.5 Å². The lowest BCUT2D eigenvalue weighted by Gasteiger charge is -2.24. The monoisotopic (exact) mass is 605 g/mol. The Morgan fingerprint density at radius 3 is 2.66 bits per heavy atom. The standard InChI is InChI=1S/C29H20ClN3O6S2/c1-38-17-10-11-20(34)18(13-17)24-23(25(35)22-12-15-6-3-5-9-21(15)39-22)26(36)27(37)33(24)28-31-32-29(41-28)40-14-16-7-2-4-8-19(16)30/h2-13,24,34,36H,14H2,1H3. The molecule has 0 spiro atoms. The number of benzene rings is 3. The Labute approximate surface area is 246 Å². The number of halogens is 1. The molecule has 3 aromatic carbocycles. The van der Waals surface area contributed by atoms with Gasteiger partial charge in [-0.05, 0) is 42.0 Å². The third-order valence-corrected chi connectivity index (χ3v) is 9.02. The number of hydrogen-bond acceptors (Lipinski definition) is 10. The molecule has 1 unspecified atom stereocenters. The van der Waals surface area contributed by atoms with Gasteiger partial charge in [0.2, 0.25) is 10.9 Å². The lowest BCUT2D eigenvalue weighted by atomic mass is 9.94. The van der Waals surface area contributed by atoms with Crippen LogP contribution in [0.25, 0.3) is 11.0 Å². The summed E-state index contributed by atoms with van der Waals surface area (Å²) in [7, 11) is 1.45. The maximum atomic E-state index is 13.8. The number of fused-ring (bicyclic) bond motifs is 1. The van der Waals surface area contributed by atoms with Crippen LogP contribution in [0.1, 0.15) is 27.7 Å². The summed E-state index contributed by atoms with van der Waals surface area (Å²) >= 11 is 8.76. The maximum absolute atomic E-state index is 13.8. The van der Waals surface area contributed by atoms with E-state index in [2.05, 4.69) is 10.2 Å². The van der Waals surface area contributed by atoms with Crippen LogP contribution in [0.2, 0.25) is 5.02 Å². The number of ketones is 1. The number of ether oxygens (including phenoxy) is 1. The highest BCUT2D eigenvalue weighted by molar-refractivity contribution is 8.00. The van der Waals surface area contributed by atoms with Crippen LogP contribution in [0.5, 0.6) is 11.5 Å². The van der Waals surface area contributed by atoms with Crippen molar-refractivity contribution in [1.29, 1.82) is 0 Å². The first-order valence-electron chi connectivity index (χ1n) is 12.2. The van der Waals surface area contributed by atoms with E-state index < -0.39 is 23.5 Å². The zero-order valence-corrected chi connectivity index (χ0v) is 23.7. The van der Waals surface area contributed by atoms with E-state index in [9.17, 15) is 19.8 Å². The SMILES string of the molecule is COc1ccc(O)c(C2C(C(=O)c3cc4ccccc4o3)=C(O)C(=O)N2c2nnc(SCc3ccccc3Cl)s2)c1. The van der Waals surface area contributed by atoms with E-state index in [0.717, 1.165) is 21.8 Å². The summed E-state index contributed by atoms with van der Waals surface area (Å²) in [5.41, 5.74) is 1.27. The molecular weight excluding hydrogens is 586 g/mol. The minimum atomic E-state index is -1.24. The highest BCUT2D eigenvalue weighted by Crippen LogP contribution is 2.47. The van der Waals surface area contributed by atoms with Gasteiger partial charge in [0.15, 0.2) is 15.9 Å². The molecule has 0 bridgehead atoms. The average molecular weight is 606 g/mol. The summed E-state index contributed by atoms with van der Waals surface area (Å²) < 4.78 is 11.6. The van der Waals surface area contributed by atoms with Gasteiger partial charge in [0, 0.05) is 21.7 Å². The lowest BCUT2D eigenvalue weighted by molar-refractivity contribution is -0.117. The van der Waals surface area contributed by atoms with Gasteiger partial charge in [-0.15, -0.1) is 10.2 Å². The molecule has 206 valence electrons. The number of aliphatic hydroxyl groups excluding tert-OH is 1. The molecule has 5 aromatic rings. The van der Waals surface area contributed by atoms with E-state index in [-0.39, 0.29) is 27.8 Å². The van der Waals surface area contributed by atoms with Crippen molar-refractivity contribution in [2.24, 2.45) is 0 Å². The van der Waals surface area contributed by atoms with Crippen molar-refractivity contribution in [2.45, 2.75) is 16.1 Å². The Kier molecular flexibility index (Phi) is 7.16. The number of thioether (sulfide) groups is 1. The smallest absolute Gasteiger partial charge is 0.296 e. The number of carbonyl (C=O) groups is 2. The first kappa shape index (κ1) is 26.9. The largest absolute Gasteiger partial charge is 0.508 e. The van der Waals surface area contributed by atoms with E-state index in [1.165, 1.54) is 31.0 Å². The summed E-state index contributed by atoms with van der Waals surface area (Å²) in [6, 6.07) is 19.2. The Morgan fingerprint density at radius 1 is 1.10 bits per heavy atom. The molecule has 1 aliphatic rings. The molecule has 6 rings (SSSR count). The Bertz CT molecular complexity index is 1820. The zero-order valence-electron chi connectivity index (χ0n) is 21.3. The van der Waals surface area contributed by atoms with Crippen LogP contribution in [0, 0.1) is 0 Å². The summed E-state index contributed by atoms with van der Waals surface area (Å²) in [6.45, 7) is 0. The van der Waals surface area contributed by atoms with Gasteiger partial charge in [0.05, 0.1) is 12.7 Å². The first-order valence-corrected chi connectivity index (χ1v) is 14.4. The minimum absolute atomic E-state index is 0.0666. The zero-order chi connectivity index (χ0) is 28.7. The van der Waals surface area contributed by atoms with Gasteiger partial charge in [0.1, 0.15) is 23.1 Å². The molecule has 9 nitrogen and oxygen atoms in total. The van der Waals surface area contributed by atoms with Crippen molar-refractivity contribution in [1.82, 2.24) is 10.2 Å². The fraction of sp³-hybridized carbons (Fsp3) is 0.103. The molecule has 0 radical (unpaired) electrons. The summed E-state index contributed by atoms with van der Waals surface area (Å²) in [6.07, 6.45) is 0. The second-order valence-corrected chi connectivity index (χ2v) is 11.6. The molecule has 41 heavy (non-hydrogen) atoms. The number of carbonyl (C=O) groups excluding carboxylic acids is 2. The van der Waals surface area contributed by atoms with Gasteiger partial charge < -0.3 is 19.4 Å². The van der Waals surface area contributed by atoms with Gasteiger partial charge in [-0.1, -0.05) is 71.1 Å². The highest BCUT2D eigenvalue weighted by atomic mass is 35.5. The first-order chi connectivity index (χ1) is 19.9. The molecule has 0 saturated carbocycles. The molecule has 0 saturated heterocycles. The maximum Gasteiger partial charge on any atom is 0.296 e. The normalized spacial score (nSPS) is 15.2. The fourth-order valence-corrected chi connectivity index (χ4v) is 6.70. The van der Waals surface area contributed by atoms with Crippen LogP contribution < -0.4 is 9.64 Å². The molecule has 0 fully saturated rings. The van der Waals surface area contributed by atoms with Crippen molar-refractivity contribution < 1.29 is 29.0 Å². The second kappa shape index (κ2) is 10.9. The Morgan fingerprint density at radius 2 is 1.88 bits per heavy atom. The van der Waals surface area contributed by atoms with Crippen molar-refractivity contribution in [3.05, 3.63) is 106 Å². The molecule has 1 atom stereocenters. The number of aromatic hydroxyl groups is 1. The summed E-state index contributed by atoms with van der Waals surface area (Å²) in [4.78, 5) is 28.5. The van der Waals surface area contributed by atoms with E-state index in [0.29, 0.717) is 31.8 Å². The topological polar surface area (TPSA) is 126 Å². The number of phenols is 1. The lowest BCUT2D eigenvalue weighted by Crippen LogP contribution is -2.31. The molecule has 0 aliphatic carbocycles. The third-order valence-electron chi connectivity index (χ3n) is 6.54. The van der Waals surface area contributed by atoms with Crippen LogP contribution in [-0.4, -0.2) is 39.2 Å². The molecule has 2 aromatic heterocycles. The van der Waals surface area contributed by atoms with E-state index in [1.807, 2.05) is 18.2 Å². The number of Topliss-reactive ketones (excluding diaryl/α,β-unsaturated/α-hetero) is 1. The van der Waals surface area contributed by atoms with Gasteiger partial charge in [0.25, 0.3) is 5.91 Å². The number of aromatic nitrogens is 2. The fourth-order valence-electron chi connectivity index (χ4n) is 4.55. The predicted octanol–water partition coefficient (Wildman–Crippen LogP) is 6.73. The minimum Gasteiger partial charge on any atom is -0.508 e. The average Bonchev–Trinajstić information content (AvgIpc) is 3.69. The van der Waals surface area contributed by atoms with E-state index in [4.69, 9.17) is 20.8 Å². The number of methoxy groups -OCH3 is 1. The number of anilines is 1.